The normalized spacial score (nSPS) is 21.2. The molecule has 1 aromatic rings. The highest BCUT2D eigenvalue weighted by Gasteiger charge is 2.24. The first-order valence-corrected chi connectivity index (χ1v) is 7.13. The van der Waals surface area contributed by atoms with Gasteiger partial charge in [-0.1, -0.05) is 0 Å². The number of halogens is 1. The largest absolute Gasteiger partial charge is 0.373 e. The molecule has 104 valence electrons. The zero-order chi connectivity index (χ0) is 14.0. The van der Waals surface area contributed by atoms with Crippen LogP contribution in [-0.2, 0) is 4.74 Å². The van der Waals surface area contributed by atoms with Gasteiger partial charge in [0, 0.05) is 30.9 Å². The van der Waals surface area contributed by atoms with Gasteiger partial charge in [-0.05, 0) is 41.6 Å². The van der Waals surface area contributed by atoms with Crippen LogP contribution in [0.2, 0.25) is 0 Å². The maximum Gasteiger partial charge on any atom is 0.282 e. The third kappa shape index (κ3) is 3.34. The van der Waals surface area contributed by atoms with Gasteiger partial charge in [0.15, 0.2) is 0 Å². The predicted molar refractivity (Wildman–Crippen MR) is 81.4 cm³/mol. The Kier molecular flexibility index (Phi) is 4.58. The van der Waals surface area contributed by atoms with Crippen LogP contribution in [0.5, 0.6) is 0 Å². The van der Waals surface area contributed by atoms with Crippen molar-refractivity contribution in [1.82, 2.24) is 0 Å². The number of ether oxygens (including phenoxy) is 1. The molecule has 7 heteroatoms. The summed E-state index contributed by atoms with van der Waals surface area (Å²) in [6.07, 6.45) is 0.00148. The van der Waals surface area contributed by atoms with Crippen molar-refractivity contribution in [3.05, 3.63) is 31.9 Å². The topological polar surface area (TPSA) is 81.6 Å². The average molecular weight is 377 g/mol. The van der Waals surface area contributed by atoms with Crippen LogP contribution in [0.25, 0.3) is 0 Å². The second-order valence-corrected chi connectivity index (χ2v) is 5.77. The fourth-order valence-electron chi connectivity index (χ4n) is 2.07. The molecule has 0 aromatic heterocycles. The first-order chi connectivity index (χ1) is 8.99. The molecule has 1 saturated heterocycles. The molecule has 2 N–H and O–H groups in total. The van der Waals surface area contributed by atoms with Crippen molar-refractivity contribution in [2.75, 3.05) is 24.6 Å². The molecule has 1 aliphatic rings. The van der Waals surface area contributed by atoms with Gasteiger partial charge in [-0.25, -0.2) is 0 Å². The number of nitrogens with zero attached hydrogens (tertiary/aromatic N) is 2. The van der Waals surface area contributed by atoms with Crippen molar-refractivity contribution < 1.29 is 9.66 Å². The Morgan fingerprint density at radius 2 is 2.37 bits per heavy atom. The quantitative estimate of drug-likeness (QED) is 0.493. The summed E-state index contributed by atoms with van der Waals surface area (Å²) in [5.41, 5.74) is 6.97. The Labute approximate surface area is 125 Å². The Morgan fingerprint density at radius 3 is 2.95 bits per heavy atom. The van der Waals surface area contributed by atoms with Crippen molar-refractivity contribution >= 4 is 34.0 Å². The number of hydrogen-bond donors (Lipinski definition) is 1. The molecule has 2 unspecified atom stereocenters. The molecule has 0 aliphatic carbocycles. The molecule has 1 heterocycles. The van der Waals surface area contributed by atoms with E-state index in [0.717, 1.165) is 12.2 Å². The first-order valence-electron chi connectivity index (χ1n) is 6.05. The Balaban J connectivity index is 2.18. The van der Waals surface area contributed by atoms with E-state index >= 15 is 0 Å². The lowest BCUT2D eigenvalue weighted by Crippen LogP contribution is -2.49. The van der Waals surface area contributed by atoms with Gasteiger partial charge >= 0.3 is 0 Å². The Hall–Kier alpha value is -0.930. The molecule has 1 aromatic carbocycles. The molecular formula is C12H16IN3O3. The maximum absolute atomic E-state index is 10.8. The monoisotopic (exact) mass is 377 g/mol. The molecular weight excluding hydrogens is 361 g/mol. The molecule has 0 bridgehead atoms. The van der Waals surface area contributed by atoms with Gasteiger partial charge in [-0.15, -0.1) is 0 Å². The molecule has 0 amide bonds. The van der Waals surface area contributed by atoms with E-state index in [1.165, 1.54) is 0 Å². The average Bonchev–Trinajstić information content (AvgIpc) is 2.38. The predicted octanol–water partition coefficient (Wildman–Crippen LogP) is 1.75. The van der Waals surface area contributed by atoms with Gasteiger partial charge in [-0.3, -0.25) is 10.1 Å². The van der Waals surface area contributed by atoms with Crippen LogP contribution < -0.4 is 10.6 Å². The Bertz CT molecular complexity index is 481. The Morgan fingerprint density at radius 1 is 1.63 bits per heavy atom. The van der Waals surface area contributed by atoms with E-state index in [2.05, 4.69) is 4.90 Å². The molecule has 0 spiro atoms. The lowest BCUT2D eigenvalue weighted by molar-refractivity contribution is -0.385. The number of benzene rings is 1. The SMILES string of the molecule is CC(N)C1CN(c2ccc([N+](=O)[O-])c(I)c2)CCO1. The molecule has 2 atom stereocenters. The van der Waals surface area contributed by atoms with E-state index in [4.69, 9.17) is 10.5 Å². The van der Waals surface area contributed by atoms with Crippen LogP contribution in [0.4, 0.5) is 11.4 Å². The molecule has 1 fully saturated rings. The van der Waals surface area contributed by atoms with Crippen molar-refractivity contribution in [2.24, 2.45) is 5.73 Å². The third-order valence-corrected chi connectivity index (χ3v) is 4.04. The smallest absolute Gasteiger partial charge is 0.282 e. The third-order valence-electron chi connectivity index (χ3n) is 3.17. The highest BCUT2D eigenvalue weighted by molar-refractivity contribution is 14.1. The van der Waals surface area contributed by atoms with Gasteiger partial charge in [-0.2, -0.15) is 0 Å². The minimum absolute atomic E-state index is 0.00148. The summed E-state index contributed by atoms with van der Waals surface area (Å²) in [5.74, 6) is 0. The van der Waals surface area contributed by atoms with E-state index < -0.39 is 0 Å². The van der Waals surface area contributed by atoms with Crippen LogP contribution >= 0.6 is 22.6 Å². The van der Waals surface area contributed by atoms with E-state index in [-0.39, 0.29) is 22.8 Å². The number of morpholine rings is 1. The fourth-order valence-corrected chi connectivity index (χ4v) is 2.76. The highest BCUT2D eigenvalue weighted by atomic mass is 127. The van der Waals surface area contributed by atoms with Crippen molar-refractivity contribution in [1.29, 1.82) is 0 Å². The van der Waals surface area contributed by atoms with Crippen molar-refractivity contribution in [3.63, 3.8) is 0 Å². The number of hydrogen-bond acceptors (Lipinski definition) is 5. The molecule has 1 aliphatic heterocycles. The number of nitro groups is 1. The van der Waals surface area contributed by atoms with E-state index in [9.17, 15) is 10.1 Å². The summed E-state index contributed by atoms with van der Waals surface area (Å²) < 4.78 is 6.25. The van der Waals surface area contributed by atoms with Crippen molar-refractivity contribution in [3.8, 4) is 0 Å². The zero-order valence-corrected chi connectivity index (χ0v) is 12.7. The second kappa shape index (κ2) is 6.02. The highest BCUT2D eigenvalue weighted by Crippen LogP contribution is 2.27. The fraction of sp³-hybridized carbons (Fsp3) is 0.500. The summed E-state index contributed by atoms with van der Waals surface area (Å²) in [6.45, 7) is 4.04. The molecule has 6 nitrogen and oxygen atoms in total. The van der Waals surface area contributed by atoms with E-state index in [1.54, 1.807) is 12.1 Å². The number of nitro benzene ring substituents is 1. The number of anilines is 1. The van der Waals surface area contributed by atoms with Crippen molar-refractivity contribution in [2.45, 2.75) is 19.1 Å². The summed E-state index contributed by atoms with van der Waals surface area (Å²) in [5, 5.41) is 10.8. The van der Waals surface area contributed by atoms with Crippen LogP contribution in [0, 0.1) is 13.7 Å². The van der Waals surface area contributed by atoms with Crippen LogP contribution in [0.15, 0.2) is 18.2 Å². The number of rotatable bonds is 3. The summed E-state index contributed by atoms with van der Waals surface area (Å²) in [7, 11) is 0. The summed E-state index contributed by atoms with van der Waals surface area (Å²) >= 11 is 1.99. The van der Waals surface area contributed by atoms with E-state index in [0.29, 0.717) is 16.7 Å². The van der Waals surface area contributed by atoms with Gasteiger partial charge in [0.1, 0.15) is 0 Å². The van der Waals surface area contributed by atoms with Gasteiger partial charge in [0.05, 0.1) is 21.2 Å². The molecule has 0 saturated carbocycles. The van der Waals surface area contributed by atoms with E-state index in [1.807, 2.05) is 35.6 Å². The molecule has 0 radical (unpaired) electrons. The molecule has 2 rings (SSSR count). The first kappa shape index (κ1) is 14.5. The minimum atomic E-state index is -0.365. The zero-order valence-electron chi connectivity index (χ0n) is 10.6. The van der Waals surface area contributed by atoms with Crippen LogP contribution in [-0.4, -0.2) is 36.8 Å². The number of nitrogens with two attached hydrogens (primary N) is 1. The standard InChI is InChI=1S/C12H16IN3O3/c1-8(14)12-7-15(4-5-19-12)9-2-3-11(16(17)18)10(13)6-9/h2-3,6,8,12H,4-5,7,14H2,1H3. The lowest BCUT2D eigenvalue weighted by atomic mass is 10.1. The molecule has 19 heavy (non-hydrogen) atoms. The van der Waals surface area contributed by atoms with Gasteiger partial charge < -0.3 is 15.4 Å². The minimum Gasteiger partial charge on any atom is -0.373 e. The second-order valence-electron chi connectivity index (χ2n) is 4.61. The lowest BCUT2D eigenvalue weighted by Gasteiger charge is -2.36. The van der Waals surface area contributed by atoms with Gasteiger partial charge in [0.25, 0.3) is 5.69 Å². The summed E-state index contributed by atoms with van der Waals surface area (Å²) in [6, 6.07) is 5.14. The van der Waals surface area contributed by atoms with Crippen LogP contribution in [0.1, 0.15) is 6.92 Å². The van der Waals surface area contributed by atoms with Gasteiger partial charge in [0.2, 0.25) is 0 Å². The maximum atomic E-state index is 10.8. The van der Waals surface area contributed by atoms with Crippen LogP contribution in [0.3, 0.4) is 0 Å². The summed E-state index contributed by atoms with van der Waals surface area (Å²) in [4.78, 5) is 12.6.